The first kappa shape index (κ1) is 69.0. The van der Waals surface area contributed by atoms with Crippen LogP contribution in [0, 0.1) is 0 Å². The van der Waals surface area contributed by atoms with Crippen molar-refractivity contribution < 1.29 is 0 Å². The highest BCUT2D eigenvalue weighted by atomic mass is 36.5. The zero-order chi connectivity index (χ0) is 37.8. The molecule has 0 nitrogen and oxygen atoms in total. The van der Waals surface area contributed by atoms with Crippen LogP contribution in [0.2, 0.25) is 0 Å². The minimum Gasteiger partial charge on any atom is -0.125 e. The Bertz CT molecular complexity index is 545. The van der Waals surface area contributed by atoms with Crippen LogP contribution in [0.4, 0.5) is 0 Å². The van der Waals surface area contributed by atoms with Gasteiger partial charge in [-0.2, -0.15) is 0 Å². The summed E-state index contributed by atoms with van der Waals surface area (Å²) in [4.78, 5) is -0.844. The third-order valence-electron chi connectivity index (χ3n) is 2.08. The predicted octanol–water partition coefficient (Wildman–Crippen LogP) is 18.4. The molecular weight excluding hydrogens is 1140 g/mol. The molecule has 0 aliphatic carbocycles. The van der Waals surface area contributed by atoms with E-state index in [1.54, 1.807) is 0 Å². The van der Waals surface area contributed by atoms with E-state index in [0.29, 0.717) is 22.7 Å². The third kappa shape index (κ3) is 70.6. The highest BCUT2D eigenvalue weighted by Gasteiger charge is 2.30. The van der Waals surface area contributed by atoms with Crippen LogP contribution in [0.5, 0.6) is 0 Å². The molecule has 0 fully saturated rings. The number of halogens is 26. The summed E-state index contributed by atoms with van der Waals surface area (Å²) < 4.78 is -3.06. The molecule has 0 atom stereocenters. The fourth-order valence-electron chi connectivity index (χ4n) is 0.221. The van der Waals surface area contributed by atoms with Gasteiger partial charge in [-0.1, -0.05) is 123 Å². The Balaban J connectivity index is -0.0000000578. The van der Waals surface area contributed by atoms with Crippen LogP contribution in [0.1, 0.15) is 0 Å². The molecule has 0 N–H and O–H groups in total. The van der Waals surface area contributed by atoms with Crippen LogP contribution < -0.4 is 0 Å². The lowest BCUT2D eigenvalue weighted by Gasteiger charge is -2.15. The lowest BCUT2D eigenvalue weighted by Crippen LogP contribution is -2.23. The summed E-state index contributed by atoms with van der Waals surface area (Å²) in [7, 11) is 16.4. The molecule has 0 aromatic carbocycles. The summed E-state index contributed by atoms with van der Waals surface area (Å²) in [5.74, 6) is 2.08. The fourth-order valence-corrected chi connectivity index (χ4v) is 1.99. The zero-order valence-corrected chi connectivity index (χ0v) is 40.7. The van der Waals surface area contributed by atoms with Gasteiger partial charge in [-0.25, -0.2) is 0 Å². The summed E-state index contributed by atoms with van der Waals surface area (Å²) in [6.07, 6.45) is 0. The molecule has 26 heteroatoms. The summed E-state index contributed by atoms with van der Waals surface area (Å²) >= 11 is 116. The Morgan fingerprint density at radius 3 is 0.750 bits per heavy atom. The van der Waals surface area contributed by atoms with Crippen LogP contribution in [-0.4, -0.2) is 76.1 Å². The molecule has 0 amide bonds. The van der Waals surface area contributed by atoms with Gasteiger partial charge in [0.05, 0.1) is 51.6 Å². The molecule has 0 aromatic heterocycles. The van der Waals surface area contributed by atoms with Gasteiger partial charge in [0.25, 0.3) is 0 Å². The standard InChI is InChI=1S/C3H3Cl5.2C3H4Cl4.C3H2Cl4.C3H5Cl3.C3H4Cl2.2Cl2/c4-1-3(7,8)2(5)6;2*4-1-3(6,7)2-5;4-1-2(5)3(6)7;4-1-3(6)2-5;1-3(5)2-4;2*1-2/h2H,1H2;2*1-2H2;1H2;3H,1-2H2;1-2H2;;. The highest BCUT2D eigenvalue weighted by Crippen LogP contribution is 2.32. The minimum absolute atomic E-state index is 0.0216. The number of hydrogen-bond acceptors (Lipinski definition) is 0. The zero-order valence-electron chi connectivity index (χ0n) is 21.1. The Morgan fingerprint density at radius 2 is 0.750 bits per heavy atom. The van der Waals surface area contributed by atoms with Crippen LogP contribution in [0.3, 0.4) is 0 Å². The lowest BCUT2D eigenvalue weighted by atomic mass is 10.5. The Hall–Kier alpha value is 7.02. The maximum atomic E-state index is 5.43. The highest BCUT2D eigenvalue weighted by molar-refractivity contribution is 6.86. The lowest BCUT2D eigenvalue weighted by molar-refractivity contribution is 0.960. The van der Waals surface area contributed by atoms with E-state index in [1.807, 2.05) is 0 Å². The van der Waals surface area contributed by atoms with Gasteiger partial charge < -0.3 is 0 Å². The number of alkyl halides is 18. The van der Waals surface area contributed by atoms with Gasteiger partial charge in [0.15, 0.2) is 4.33 Å². The van der Waals surface area contributed by atoms with Crippen molar-refractivity contribution in [1.29, 1.82) is 0 Å². The Morgan fingerprint density at radius 1 is 0.500 bits per heavy atom. The molecule has 44 heavy (non-hydrogen) atoms. The smallest absolute Gasteiger partial charge is 0.125 e. The molecule has 0 heterocycles. The predicted molar refractivity (Wildman–Crippen MR) is 228 cm³/mol. The van der Waals surface area contributed by atoms with Crippen molar-refractivity contribution in [1.82, 2.24) is 0 Å². The molecule has 0 saturated carbocycles. The van der Waals surface area contributed by atoms with Crippen LogP contribution in [-0.2, 0) is 0 Å². The van der Waals surface area contributed by atoms with E-state index in [2.05, 4.69) is 50.0 Å². The first-order valence-electron chi connectivity index (χ1n) is 9.42. The van der Waals surface area contributed by atoms with Crippen LogP contribution in [0.15, 0.2) is 21.1 Å². The first-order valence-corrected chi connectivity index (χ1v) is 21.6. The first-order chi connectivity index (χ1) is 20.0. The second-order valence-corrected chi connectivity index (χ2v) is 16.8. The molecule has 0 spiro atoms. The summed E-state index contributed by atoms with van der Waals surface area (Å²) in [5, 5.41) is 0.713. The number of hydrogen-bond donors (Lipinski definition) is 0. The summed E-state index contributed by atoms with van der Waals surface area (Å²) in [5.41, 5.74) is 0. The quantitative estimate of drug-likeness (QED) is 0.191. The fraction of sp³-hybridized carbons (Fsp3) is 0.778. The largest absolute Gasteiger partial charge is 0.161 e. The van der Waals surface area contributed by atoms with E-state index in [4.69, 9.17) is 255 Å². The normalized spacial score (nSPS) is 10.0. The Kier molecular flexibility index (Phi) is 78.4. The van der Waals surface area contributed by atoms with Gasteiger partial charge in [0.1, 0.15) is 18.0 Å². The SMILES string of the molecule is C=C(Cl)CCl.ClCC(Cl)(Cl)C(Cl)Cl.ClCC(Cl)(Cl)CCl.ClCC(Cl)(Cl)CCl.ClCC(Cl)=C(Cl)Cl.ClCC(Cl)CCl.ClCl.ClCl. The topological polar surface area (TPSA) is 0 Å². The molecule has 0 saturated heterocycles. The average Bonchev–Trinajstić information content (AvgIpc) is 3.03. The van der Waals surface area contributed by atoms with Crippen LogP contribution in [0.25, 0.3) is 0 Å². The van der Waals surface area contributed by atoms with Crippen LogP contribution >= 0.6 is 299 Å². The second-order valence-electron chi connectivity index (χ2n) is 5.80. The maximum Gasteiger partial charge on any atom is 0.161 e. The second kappa shape index (κ2) is 50.0. The van der Waals surface area contributed by atoms with Gasteiger partial charge in [-0.3, -0.25) is 0 Å². The molecule has 276 valence electrons. The Labute approximate surface area is 390 Å². The average molecular weight is 1160 g/mol. The third-order valence-corrected chi connectivity index (χ3v) is 12.0. The molecular formula is C18H22Cl26. The summed E-state index contributed by atoms with van der Waals surface area (Å²) in [6, 6.07) is 0. The van der Waals surface area contributed by atoms with Crippen molar-refractivity contribution >= 4 is 299 Å². The van der Waals surface area contributed by atoms with Crippen molar-refractivity contribution in [3.63, 3.8) is 0 Å². The molecule has 0 aliphatic rings. The molecule has 0 aliphatic heterocycles. The summed E-state index contributed by atoms with van der Waals surface area (Å²) in [6.45, 7) is 3.31. The van der Waals surface area contributed by atoms with E-state index in [9.17, 15) is 0 Å². The maximum absolute atomic E-state index is 5.43. The van der Waals surface area contributed by atoms with Crippen molar-refractivity contribution in [3.8, 4) is 0 Å². The molecule has 0 bridgehead atoms. The van der Waals surface area contributed by atoms with Gasteiger partial charge >= 0.3 is 0 Å². The molecule has 0 radical (unpaired) electrons. The van der Waals surface area contributed by atoms with Gasteiger partial charge in [-0.05, 0) is 0 Å². The van der Waals surface area contributed by atoms with Gasteiger partial charge in [0, 0.05) is 60.2 Å². The van der Waals surface area contributed by atoms with Crippen molar-refractivity contribution in [2.24, 2.45) is 0 Å². The van der Waals surface area contributed by atoms with E-state index < -0.39 is 17.8 Å². The van der Waals surface area contributed by atoms with E-state index >= 15 is 0 Å². The number of rotatable bonds is 10. The van der Waals surface area contributed by atoms with E-state index in [1.165, 1.54) is 0 Å². The van der Waals surface area contributed by atoms with Crippen molar-refractivity contribution in [2.45, 2.75) is 23.2 Å². The van der Waals surface area contributed by atoms with Gasteiger partial charge in [0.2, 0.25) is 0 Å². The number of allylic oxidation sites excluding steroid dienone is 2. The van der Waals surface area contributed by atoms with Gasteiger partial charge in [-0.15, -0.1) is 139 Å². The van der Waals surface area contributed by atoms with Crippen molar-refractivity contribution in [3.05, 3.63) is 21.1 Å². The monoisotopic (exact) mass is 1150 g/mol. The van der Waals surface area contributed by atoms with Crippen molar-refractivity contribution in [2.75, 3.05) is 52.9 Å². The minimum atomic E-state index is -1.22. The molecule has 0 unspecified atom stereocenters. The molecule has 0 aromatic rings. The molecule has 0 rings (SSSR count). The van der Waals surface area contributed by atoms with E-state index in [0.717, 1.165) is 0 Å². The van der Waals surface area contributed by atoms with E-state index in [-0.39, 0.29) is 50.2 Å².